The molecule has 3 heterocycles. The molecule has 0 amide bonds. The second kappa shape index (κ2) is 14.7. The number of fused-ring (bicyclic) bond motifs is 6. The molecular weight excluding hydrogens is 753 g/mol. The Labute approximate surface area is 359 Å². The van der Waals surface area contributed by atoms with Gasteiger partial charge in [0.05, 0.1) is 39.1 Å². The molecule has 0 aliphatic carbocycles. The Morgan fingerprint density at radius 3 is 1.58 bits per heavy atom. The summed E-state index contributed by atoms with van der Waals surface area (Å²) in [5.41, 5.74) is 16.4. The molecule has 0 aliphatic rings. The van der Waals surface area contributed by atoms with Crippen LogP contribution in [0.2, 0.25) is 0 Å². The Balaban J connectivity index is 1.05. The van der Waals surface area contributed by atoms with Gasteiger partial charge in [0, 0.05) is 55.0 Å². The lowest BCUT2D eigenvalue weighted by Gasteiger charge is -2.17. The lowest BCUT2D eigenvalue weighted by Crippen LogP contribution is -1.99. The van der Waals surface area contributed by atoms with Crippen LogP contribution in [-0.2, 0) is 0 Å². The molecule has 0 saturated carbocycles. The maximum Gasteiger partial charge on any atom is 0.160 e. The van der Waals surface area contributed by atoms with Crippen LogP contribution in [0.4, 0.5) is 0 Å². The average Bonchev–Trinajstić information content (AvgIpc) is 3.87. The minimum Gasteiger partial charge on any atom is -0.309 e. The zero-order valence-corrected chi connectivity index (χ0v) is 33.7. The molecule has 0 aliphatic heterocycles. The van der Waals surface area contributed by atoms with E-state index in [1.54, 1.807) is 0 Å². The van der Waals surface area contributed by atoms with Gasteiger partial charge < -0.3 is 9.13 Å². The Hall–Kier alpha value is -8.34. The number of aromatic nitrogens is 4. The molecule has 0 radical (unpaired) electrons. The highest BCUT2D eigenvalue weighted by Gasteiger charge is 2.21. The van der Waals surface area contributed by atoms with Crippen molar-refractivity contribution < 1.29 is 0 Å². The third kappa shape index (κ3) is 5.84. The fourth-order valence-electron chi connectivity index (χ4n) is 9.39. The maximum absolute atomic E-state index is 5.22. The summed E-state index contributed by atoms with van der Waals surface area (Å²) < 4.78 is 4.88. The molecule has 0 atom stereocenters. The van der Waals surface area contributed by atoms with Gasteiger partial charge in [-0.3, -0.25) is 0 Å². The second-order valence-electron chi connectivity index (χ2n) is 15.7. The molecule has 9 aromatic carbocycles. The van der Waals surface area contributed by atoms with Crippen LogP contribution < -0.4 is 0 Å². The third-order valence-corrected chi connectivity index (χ3v) is 12.2. The van der Waals surface area contributed by atoms with Crippen LogP contribution in [0.5, 0.6) is 0 Å². The third-order valence-electron chi connectivity index (χ3n) is 12.2. The van der Waals surface area contributed by atoms with Crippen molar-refractivity contribution in [3.05, 3.63) is 231 Å². The normalized spacial score (nSPS) is 11.5. The van der Waals surface area contributed by atoms with Gasteiger partial charge in [0.1, 0.15) is 0 Å². The largest absolute Gasteiger partial charge is 0.309 e. The van der Waals surface area contributed by atoms with Crippen molar-refractivity contribution in [1.82, 2.24) is 19.1 Å². The number of hydrogen-bond acceptors (Lipinski definition) is 2. The number of para-hydroxylation sites is 5. The molecule has 62 heavy (non-hydrogen) atoms. The summed E-state index contributed by atoms with van der Waals surface area (Å²) in [4.78, 5) is 10.3. The van der Waals surface area contributed by atoms with Crippen LogP contribution in [0.15, 0.2) is 231 Å². The van der Waals surface area contributed by atoms with Crippen LogP contribution in [0.1, 0.15) is 0 Å². The van der Waals surface area contributed by atoms with Gasteiger partial charge in [-0.25, -0.2) is 9.97 Å². The molecular formula is C58H38N4. The number of hydrogen-bond donors (Lipinski definition) is 0. The van der Waals surface area contributed by atoms with Gasteiger partial charge >= 0.3 is 0 Å². The summed E-state index contributed by atoms with van der Waals surface area (Å²) >= 11 is 0. The van der Waals surface area contributed by atoms with Gasteiger partial charge in [0.15, 0.2) is 5.82 Å². The van der Waals surface area contributed by atoms with E-state index in [-0.39, 0.29) is 0 Å². The molecule has 12 rings (SSSR count). The van der Waals surface area contributed by atoms with Gasteiger partial charge in [-0.2, -0.15) is 0 Å². The molecule has 0 fully saturated rings. The molecule has 4 heteroatoms. The molecule has 0 unspecified atom stereocenters. The zero-order valence-electron chi connectivity index (χ0n) is 33.7. The minimum atomic E-state index is 0.703. The van der Waals surface area contributed by atoms with Crippen LogP contribution in [0.25, 0.3) is 111 Å². The van der Waals surface area contributed by atoms with E-state index in [1.807, 2.05) is 24.3 Å². The highest BCUT2D eigenvalue weighted by atomic mass is 15.0. The van der Waals surface area contributed by atoms with E-state index in [1.165, 1.54) is 43.7 Å². The van der Waals surface area contributed by atoms with Crippen LogP contribution in [-0.4, -0.2) is 19.1 Å². The lowest BCUT2D eigenvalue weighted by molar-refractivity contribution is 1.17. The van der Waals surface area contributed by atoms with Crippen molar-refractivity contribution in [3.63, 3.8) is 0 Å². The van der Waals surface area contributed by atoms with Crippen molar-refractivity contribution in [2.75, 3.05) is 0 Å². The first-order chi connectivity index (χ1) is 30.8. The summed E-state index contributed by atoms with van der Waals surface area (Å²) in [6.45, 7) is 0. The van der Waals surface area contributed by atoms with Crippen molar-refractivity contribution >= 4 is 43.6 Å². The second-order valence-corrected chi connectivity index (χ2v) is 15.7. The molecule has 4 nitrogen and oxygen atoms in total. The average molecular weight is 791 g/mol. The van der Waals surface area contributed by atoms with Gasteiger partial charge in [-0.05, 0) is 59.7 Å². The monoisotopic (exact) mass is 790 g/mol. The van der Waals surface area contributed by atoms with E-state index in [0.29, 0.717) is 5.82 Å². The number of rotatable bonds is 7. The first kappa shape index (κ1) is 35.6. The lowest BCUT2D eigenvalue weighted by atomic mass is 9.95. The Bertz CT molecular complexity index is 3560. The fraction of sp³-hybridized carbons (Fsp3) is 0. The number of nitrogens with zero attached hydrogens (tertiary/aromatic N) is 4. The van der Waals surface area contributed by atoms with E-state index >= 15 is 0 Å². The highest BCUT2D eigenvalue weighted by Crippen LogP contribution is 2.43. The van der Waals surface area contributed by atoms with E-state index in [9.17, 15) is 0 Å². The summed E-state index contributed by atoms with van der Waals surface area (Å²) in [5, 5.41) is 4.87. The van der Waals surface area contributed by atoms with Gasteiger partial charge in [-0.15, -0.1) is 0 Å². The van der Waals surface area contributed by atoms with Crippen molar-refractivity contribution in [2.45, 2.75) is 0 Å². The van der Waals surface area contributed by atoms with E-state index in [2.05, 4.69) is 215 Å². The smallest absolute Gasteiger partial charge is 0.160 e. The highest BCUT2D eigenvalue weighted by molar-refractivity contribution is 6.15. The standard InChI is InChI=1S/C58H38N4/c1-4-19-39(20-5-1)51-38-52(60-58(59-51)40-21-6-2-7-22-40)44-26-11-10-25-43(44)41-35-36-56-50(37-41)47-29-14-17-34-55(47)62(56)54-33-16-13-28-46(54)49-31-18-30-48-45-27-12-15-32-53(45)61(57(48)49)42-23-8-3-9-24-42/h1-38H. The summed E-state index contributed by atoms with van der Waals surface area (Å²) in [5.74, 6) is 0.703. The zero-order chi connectivity index (χ0) is 41.0. The van der Waals surface area contributed by atoms with Gasteiger partial charge in [-0.1, -0.05) is 182 Å². The van der Waals surface area contributed by atoms with E-state index in [4.69, 9.17) is 9.97 Å². The molecule has 0 spiro atoms. The summed E-state index contributed by atoms with van der Waals surface area (Å²) in [6.07, 6.45) is 0. The SMILES string of the molecule is c1ccc(-c2cc(-c3ccccc3-c3ccc4c(c3)c3ccccc3n4-c3ccccc3-c3cccc4c5ccccc5n(-c5ccccc5)c34)nc(-c3ccccc3)n2)cc1. The predicted octanol–water partition coefficient (Wildman–Crippen LogP) is 15.0. The van der Waals surface area contributed by atoms with Crippen LogP contribution in [0, 0.1) is 0 Å². The van der Waals surface area contributed by atoms with Crippen molar-refractivity contribution in [2.24, 2.45) is 0 Å². The first-order valence-corrected chi connectivity index (χ1v) is 21.1. The quantitative estimate of drug-likeness (QED) is 0.161. The van der Waals surface area contributed by atoms with E-state index in [0.717, 1.165) is 61.6 Å². The van der Waals surface area contributed by atoms with Gasteiger partial charge in [0.25, 0.3) is 0 Å². The molecule has 12 aromatic rings. The summed E-state index contributed by atoms with van der Waals surface area (Å²) in [6, 6.07) is 82.2. The van der Waals surface area contributed by atoms with Crippen molar-refractivity contribution in [3.8, 4) is 67.5 Å². The van der Waals surface area contributed by atoms with E-state index < -0.39 is 0 Å². The maximum atomic E-state index is 5.22. The first-order valence-electron chi connectivity index (χ1n) is 21.1. The van der Waals surface area contributed by atoms with Crippen LogP contribution in [0.3, 0.4) is 0 Å². The topological polar surface area (TPSA) is 35.6 Å². The Morgan fingerprint density at radius 2 is 0.823 bits per heavy atom. The molecule has 290 valence electrons. The minimum absolute atomic E-state index is 0.703. The van der Waals surface area contributed by atoms with Gasteiger partial charge in [0.2, 0.25) is 0 Å². The summed E-state index contributed by atoms with van der Waals surface area (Å²) in [7, 11) is 0. The van der Waals surface area contributed by atoms with Crippen molar-refractivity contribution in [1.29, 1.82) is 0 Å². The Morgan fingerprint density at radius 1 is 0.290 bits per heavy atom. The molecule has 0 N–H and O–H groups in total. The molecule has 0 bridgehead atoms. The predicted molar refractivity (Wildman–Crippen MR) is 258 cm³/mol. The Kier molecular flexibility index (Phi) is 8.46. The molecule has 0 saturated heterocycles. The number of benzene rings is 9. The fourth-order valence-corrected chi connectivity index (χ4v) is 9.39. The van der Waals surface area contributed by atoms with Crippen LogP contribution >= 0.6 is 0 Å². The molecule has 3 aromatic heterocycles.